The Morgan fingerprint density at radius 1 is 1.03 bits per heavy atom. The fourth-order valence-electron chi connectivity index (χ4n) is 3.35. The van der Waals surface area contributed by atoms with Crippen LogP contribution in [-0.4, -0.2) is 29.4 Å². The highest BCUT2D eigenvalue weighted by atomic mass is 19.4. The van der Waals surface area contributed by atoms with Crippen molar-refractivity contribution in [1.29, 1.82) is 0 Å². The fourth-order valence-corrected chi connectivity index (χ4v) is 3.35. The van der Waals surface area contributed by atoms with Gasteiger partial charge in [-0.15, -0.1) is 0 Å². The van der Waals surface area contributed by atoms with Gasteiger partial charge in [-0.3, -0.25) is 4.79 Å². The van der Waals surface area contributed by atoms with Gasteiger partial charge in [0.15, 0.2) is 0 Å². The highest BCUT2D eigenvalue weighted by molar-refractivity contribution is 5.67. The SMILES string of the molecule is CCOc1cc(OCCCCc2cc(-c3ccc(C(F)(F)F)cc3)no2)ccc1CCC(=O)O. The average molecular weight is 477 g/mol. The van der Waals surface area contributed by atoms with E-state index in [1.54, 1.807) is 18.2 Å². The molecule has 0 bridgehead atoms. The molecule has 182 valence electrons. The highest BCUT2D eigenvalue weighted by Gasteiger charge is 2.30. The molecule has 0 saturated carbocycles. The molecule has 0 aliphatic rings. The number of aromatic nitrogens is 1. The Bertz CT molecular complexity index is 1080. The van der Waals surface area contributed by atoms with Crippen LogP contribution in [0.15, 0.2) is 53.1 Å². The lowest BCUT2D eigenvalue weighted by atomic mass is 10.1. The van der Waals surface area contributed by atoms with E-state index in [1.807, 2.05) is 13.0 Å². The van der Waals surface area contributed by atoms with Crippen molar-refractivity contribution in [2.24, 2.45) is 0 Å². The lowest BCUT2D eigenvalue weighted by molar-refractivity contribution is -0.138. The molecular formula is C25H26F3NO5. The van der Waals surface area contributed by atoms with E-state index in [4.69, 9.17) is 19.1 Å². The van der Waals surface area contributed by atoms with Gasteiger partial charge in [-0.1, -0.05) is 23.4 Å². The highest BCUT2D eigenvalue weighted by Crippen LogP contribution is 2.31. The van der Waals surface area contributed by atoms with Crippen molar-refractivity contribution in [2.75, 3.05) is 13.2 Å². The molecular weight excluding hydrogens is 451 g/mol. The first-order chi connectivity index (χ1) is 16.3. The molecule has 34 heavy (non-hydrogen) atoms. The molecule has 3 rings (SSSR count). The summed E-state index contributed by atoms with van der Waals surface area (Å²) < 4.78 is 54.8. The van der Waals surface area contributed by atoms with Crippen LogP contribution >= 0.6 is 0 Å². The third kappa shape index (κ3) is 7.26. The minimum Gasteiger partial charge on any atom is -0.493 e. The summed E-state index contributed by atoms with van der Waals surface area (Å²) in [6.07, 6.45) is -1.81. The van der Waals surface area contributed by atoms with E-state index >= 15 is 0 Å². The van der Waals surface area contributed by atoms with Gasteiger partial charge in [0, 0.05) is 30.5 Å². The van der Waals surface area contributed by atoms with Crippen molar-refractivity contribution in [3.05, 3.63) is 65.4 Å². The van der Waals surface area contributed by atoms with Gasteiger partial charge in [0.2, 0.25) is 0 Å². The Morgan fingerprint density at radius 2 is 1.79 bits per heavy atom. The lowest BCUT2D eigenvalue weighted by Crippen LogP contribution is -2.03. The number of carboxylic acid groups (broad SMARTS) is 1. The number of aryl methyl sites for hydroxylation is 2. The van der Waals surface area contributed by atoms with Crippen molar-refractivity contribution >= 4 is 5.97 Å². The van der Waals surface area contributed by atoms with Crippen molar-refractivity contribution in [3.8, 4) is 22.8 Å². The summed E-state index contributed by atoms with van der Waals surface area (Å²) in [6, 6.07) is 11.9. The molecule has 3 aromatic rings. The van der Waals surface area contributed by atoms with Gasteiger partial charge in [0.1, 0.15) is 23.0 Å². The van der Waals surface area contributed by atoms with Gasteiger partial charge in [-0.05, 0) is 49.9 Å². The Morgan fingerprint density at radius 3 is 2.47 bits per heavy atom. The van der Waals surface area contributed by atoms with Gasteiger partial charge >= 0.3 is 12.1 Å². The molecule has 1 heterocycles. The van der Waals surface area contributed by atoms with Crippen LogP contribution in [-0.2, 0) is 23.8 Å². The summed E-state index contributed by atoms with van der Waals surface area (Å²) in [6.45, 7) is 2.80. The predicted molar refractivity (Wildman–Crippen MR) is 119 cm³/mol. The van der Waals surface area contributed by atoms with Crippen molar-refractivity contribution < 1.29 is 37.1 Å². The Balaban J connectivity index is 1.46. The number of halogens is 3. The van der Waals surface area contributed by atoms with Crippen LogP contribution in [0.1, 0.15) is 43.1 Å². The van der Waals surface area contributed by atoms with Crippen molar-refractivity contribution in [2.45, 2.75) is 45.2 Å². The number of hydrogen-bond donors (Lipinski definition) is 1. The summed E-state index contributed by atoms with van der Waals surface area (Å²) in [5.41, 5.74) is 1.17. The van der Waals surface area contributed by atoms with Gasteiger partial charge in [-0.2, -0.15) is 13.2 Å². The van der Waals surface area contributed by atoms with E-state index in [0.717, 1.165) is 30.5 Å². The van der Waals surface area contributed by atoms with Gasteiger partial charge < -0.3 is 19.1 Å². The van der Waals surface area contributed by atoms with Crippen LogP contribution in [0.3, 0.4) is 0 Å². The molecule has 1 aromatic heterocycles. The summed E-state index contributed by atoms with van der Waals surface area (Å²) in [5.74, 6) is 1.06. The second-order valence-corrected chi connectivity index (χ2v) is 7.66. The molecule has 9 heteroatoms. The molecule has 0 aliphatic heterocycles. The van der Waals surface area contributed by atoms with Crippen molar-refractivity contribution in [3.63, 3.8) is 0 Å². The third-order valence-electron chi connectivity index (χ3n) is 5.10. The van der Waals surface area contributed by atoms with E-state index in [9.17, 15) is 18.0 Å². The molecule has 0 fully saturated rings. The first-order valence-corrected chi connectivity index (χ1v) is 11.0. The zero-order valence-corrected chi connectivity index (χ0v) is 18.7. The molecule has 0 spiro atoms. The lowest BCUT2D eigenvalue weighted by Gasteiger charge is -2.12. The molecule has 0 aliphatic carbocycles. The predicted octanol–water partition coefficient (Wildman–Crippen LogP) is 6.18. The number of benzene rings is 2. The quantitative estimate of drug-likeness (QED) is 0.314. The molecule has 0 radical (unpaired) electrons. The Labute approximate surface area is 195 Å². The molecule has 0 saturated heterocycles. The van der Waals surface area contributed by atoms with Crippen LogP contribution in [0, 0.1) is 0 Å². The molecule has 0 amide bonds. The monoisotopic (exact) mass is 477 g/mol. The first kappa shape index (κ1) is 25.1. The first-order valence-electron chi connectivity index (χ1n) is 11.0. The second kappa shape index (κ2) is 11.6. The smallest absolute Gasteiger partial charge is 0.416 e. The maximum absolute atomic E-state index is 12.7. The minimum atomic E-state index is -4.37. The second-order valence-electron chi connectivity index (χ2n) is 7.66. The van der Waals surface area contributed by atoms with Crippen LogP contribution < -0.4 is 9.47 Å². The third-order valence-corrected chi connectivity index (χ3v) is 5.10. The maximum atomic E-state index is 12.7. The summed E-state index contributed by atoms with van der Waals surface area (Å²) in [7, 11) is 0. The van der Waals surface area contributed by atoms with E-state index in [2.05, 4.69) is 5.16 Å². The summed E-state index contributed by atoms with van der Waals surface area (Å²) in [5, 5.41) is 12.8. The molecule has 2 aromatic carbocycles. The normalized spacial score (nSPS) is 11.4. The van der Waals surface area contributed by atoms with E-state index in [1.165, 1.54) is 12.1 Å². The summed E-state index contributed by atoms with van der Waals surface area (Å²) in [4.78, 5) is 10.8. The largest absolute Gasteiger partial charge is 0.493 e. The number of unbranched alkanes of at least 4 members (excludes halogenated alkanes) is 1. The zero-order chi connectivity index (χ0) is 24.6. The van der Waals surface area contributed by atoms with Crippen molar-refractivity contribution in [1.82, 2.24) is 5.16 Å². The number of hydrogen-bond acceptors (Lipinski definition) is 5. The van der Waals surface area contributed by atoms with E-state index in [0.29, 0.717) is 54.6 Å². The Kier molecular flexibility index (Phi) is 8.56. The number of carbonyl (C=O) groups is 1. The maximum Gasteiger partial charge on any atom is 0.416 e. The van der Waals surface area contributed by atoms with Crippen LogP contribution in [0.4, 0.5) is 13.2 Å². The summed E-state index contributed by atoms with van der Waals surface area (Å²) >= 11 is 0. The number of ether oxygens (including phenoxy) is 2. The average Bonchev–Trinajstić information content (AvgIpc) is 3.27. The minimum absolute atomic E-state index is 0.0303. The van der Waals surface area contributed by atoms with E-state index < -0.39 is 17.7 Å². The van der Waals surface area contributed by atoms with E-state index in [-0.39, 0.29) is 6.42 Å². The van der Waals surface area contributed by atoms with Crippen LogP contribution in [0.5, 0.6) is 11.5 Å². The standard InChI is InChI=1S/C25H26F3NO5/c1-2-32-23-16-20(12-8-18(23)9-13-24(30)31)33-14-4-3-5-21-15-22(29-34-21)17-6-10-19(11-7-17)25(26,27)28/h6-8,10-12,15-16H,2-5,9,13-14H2,1H3,(H,30,31). The Hall–Kier alpha value is -3.49. The number of rotatable bonds is 12. The van der Waals surface area contributed by atoms with Crippen LogP contribution in [0.25, 0.3) is 11.3 Å². The number of carboxylic acids is 1. The number of alkyl halides is 3. The molecule has 0 unspecified atom stereocenters. The van der Waals surface area contributed by atoms with Gasteiger partial charge in [-0.25, -0.2) is 0 Å². The number of nitrogens with zero attached hydrogens (tertiary/aromatic N) is 1. The fraction of sp³-hybridized carbons (Fsp3) is 0.360. The number of aliphatic carboxylic acids is 1. The molecule has 6 nitrogen and oxygen atoms in total. The van der Waals surface area contributed by atoms with Crippen LogP contribution in [0.2, 0.25) is 0 Å². The molecule has 0 atom stereocenters. The van der Waals surface area contributed by atoms with Gasteiger partial charge in [0.05, 0.1) is 18.8 Å². The van der Waals surface area contributed by atoms with Gasteiger partial charge in [0.25, 0.3) is 0 Å². The zero-order valence-electron chi connectivity index (χ0n) is 18.7. The topological polar surface area (TPSA) is 81.8 Å². The molecule has 1 N–H and O–H groups in total.